The van der Waals surface area contributed by atoms with Crippen molar-refractivity contribution in [2.75, 3.05) is 19.6 Å². The van der Waals surface area contributed by atoms with Gasteiger partial charge < -0.3 is 25.4 Å². The minimum atomic E-state index is -4.73. The number of hydrogen-bond acceptors (Lipinski definition) is 4. The number of rotatable bonds is 10. The highest BCUT2D eigenvalue weighted by atomic mass is 19.4. The average molecular weight is 453 g/mol. The largest absolute Gasteiger partial charge is 0.573 e. The lowest BCUT2D eigenvalue weighted by Crippen LogP contribution is -2.45. The number of ether oxygens (including phenoxy) is 2. The van der Waals surface area contributed by atoms with Gasteiger partial charge in [0, 0.05) is 19.1 Å². The first kappa shape index (κ1) is 25.3. The van der Waals surface area contributed by atoms with E-state index in [2.05, 4.69) is 35.7 Å². The van der Waals surface area contributed by atoms with Gasteiger partial charge in [-0.3, -0.25) is 0 Å². The summed E-state index contributed by atoms with van der Waals surface area (Å²) in [5, 5.41) is 3.36. The fourth-order valence-electron chi connectivity index (χ4n) is 3.01. The van der Waals surface area contributed by atoms with E-state index in [9.17, 15) is 13.2 Å². The summed E-state index contributed by atoms with van der Waals surface area (Å²) in [7, 11) is 0. The first-order valence-corrected chi connectivity index (χ1v) is 10.6. The Morgan fingerprint density at radius 2 is 1.84 bits per heavy atom. The van der Waals surface area contributed by atoms with Crippen molar-refractivity contribution in [1.82, 2.24) is 10.2 Å². The summed E-state index contributed by atoms with van der Waals surface area (Å²) in [5.74, 6) is 1.09. The Kier molecular flexibility index (Phi) is 9.64. The molecule has 176 valence electrons. The fraction of sp³-hybridized carbons (Fsp3) is 0.435. The molecule has 0 aliphatic heterocycles. The summed E-state index contributed by atoms with van der Waals surface area (Å²) in [6, 6.07) is 13.2. The molecule has 3 N–H and O–H groups in total. The maximum absolute atomic E-state index is 12.4. The summed E-state index contributed by atoms with van der Waals surface area (Å²) in [5.41, 5.74) is 6.92. The Labute approximate surface area is 187 Å². The second-order valence-corrected chi connectivity index (χ2v) is 7.36. The second kappa shape index (κ2) is 12.2. The number of guanidine groups is 1. The van der Waals surface area contributed by atoms with Crippen LogP contribution in [0.3, 0.4) is 0 Å². The van der Waals surface area contributed by atoms with E-state index in [1.165, 1.54) is 18.2 Å². The molecule has 0 bridgehead atoms. The van der Waals surface area contributed by atoms with Gasteiger partial charge in [-0.25, -0.2) is 4.99 Å². The Hall–Kier alpha value is -2.94. The number of hydrogen-bond donors (Lipinski definition) is 2. The van der Waals surface area contributed by atoms with Gasteiger partial charge in [-0.15, -0.1) is 13.2 Å². The van der Waals surface area contributed by atoms with Crippen molar-refractivity contribution in [3.8, 4) is 11.5 Å². The Morgan fingerprint density at radius 3 is 2.44 bits per heavy atom. The molecule has 0 aliphatic carbocycles. The number of aliphatic imine (C=N–C) groups is 1. The van der Waals surface area contributed by atoms with E-state index >= 15 is 0 Å². The van der Waals surface area contributed by atoms with Crippen LogP contribution in [-0.2, 0) is 6.61 Å². The van der Waals surface area contributed by atoms with Gasteiger partial charge >= 0.3 is 6.36 Å². The van der Waals surface area contributed by atoms with Crippen molar-refractivity contribution in [3.05, 3.63) is 54.1 Å². The molecule has 0 aromatic heterocycles. The molecule has 0 spiro atoms. The van der Waals surface area contributed by atoms with Crippen LogP contribution in [0.1, 0.15) is 32.8 Å². The van der Waals surface area contributed by atoms with Crippen LogP contribution < -0.4 is 20.5 Å². The molecule has 0 saturated carbocycles. The highest BCUT2D eigenvalue weighted by molar-refractivity contribution is 5.83. The van der Waals surface area contributed by atoms with E-state index in [4.69, 9.17) is 15.5 Å². The molecule has 9 heteroatoms. The Morgan fingerprint density at radius 1 is 1.12 bits per heavy atom. The molecule has 0 aliphatic rings. The van der Waals surface area contributed by atoms with Crippen molar-refractivity contribution >= 4 is 11.6 Å². The zero-order valence-corrected chi connectivity index (χ0v) is 18.7. The summed E-state index contributed by atoms with van der Waals surface area (Å²) in [6.45, 7) is 8.55. The highest BCUT2D eigenvalue weighted by Crippen LogP contribution is 2.24. The van der Waals surface area contributed by atoms with Gasteiger partial charge in [-0.2, -0.15) is 0 Å². The summed E-state index contributed by atoms with van der Waals surface area (Å²) < 4.78 is 46.8. The molecule has 0 radical (unpaired) electrons. The van der Waals surface area contributed by atoms with Gasteiger partial charge in [0.1, 0.15) is 18.1 Å². The van der Waals surface area contributed by atoms with Crippen molar-refractivity contribution in [2.45, 2.75) is 46.2 Å². The summed E-state index contributed by atoms with van der Waals surface area (Å²) in [6.07, 6.45) is -3.88. The van der Waals surface area contributed by atoms with Crippen LogP contribution in [0.2, 0.25) is 0 Å². The monoisotopic (exact) mass is 452 g/mol. The van der Waals surface area contributed by atoms with Gasteiger partial charge in [0.25, 0.3) is 0 Å². The van der Waals surface area contributed by atoms with Crippen LogP contribution in [0.4, 0.5) is 18.9 Å². The summed E-state index contributed by atoms with van der Waals surface area (Å²) >= 11 is 0. The van der Waals surface area contributed by atoms with E-state index < -0.39 is 6.36 Å². The van der Waals surface area contributed by atoms with Gasteiger partial charge in [-0.05, 0) is 75.7 Å². The number of alkyl halides is 3. The van der Waals surface area contributed by atoms with Gasteiger partial charge in [0.2, 0.25) is 0 Å². The normalized spacial score (nSPS) is 12.1. The van der Waals surface area contributed by atoms with Gasteiger partial charge in [0.05, 0.1) is 5.69 Å². The maximum atomic E-state index is 12.4. The SMILES string of the molecule is CCN(/C(=N\c1ccc(OCc2cccc(OC(F)(F)F)c2)cc1)NCCCN)C(C)C. The first-order chi connectivity index (χ1) is 15.2. The molecular weight excluding hydrogens is 421 g/mol. The highest BCUT2D eigenvalue weighted by Gasteiger charge is 2.31. The van der Waals surface area contributed by atoms with Crippen LogP contribution in [0.15, 0.2) is 53.5 Å². The lowest BCUT2D eigenvalue weighted by molar-refractivity contribution is -0.274. The van der Waals surface area contributed by atoms with E-state index in [1.807, 2.05) is 12.1 Å². The minimum absolute atomic E-state index is 0.112. The smallest absolute Gasteiger partial charge is 0.489 e. The third kappa shape index (κ3) is 8.66. The van der Waals surface area contributed by atoms with Gasteiger partial charge in [0.15, 0.2) is 5.96 Å². The number of nitrogens with two attached hydrogens (primary N) is 1. The number of benzene rings is 2. The van der Waals surface area contributed by atoms with Crippen LogP contribution in [0, 0.1) is 0 Å². The van der Waals surface area contributed by atoms with E-state index in [0.29, 0.717) is 17.9 Å². The predicted octanol–water partition coefficient (Wildman–Crippen LogP) is 4.82. The zero-order chi connectivity index (χ0) is 23.6. The molecule has 0 unspecified atom stereocenters. The number of nitrogens with zero attached hydrogens (tertiary/aromatic N) is 2. The zero-order valence-electron chi connectivity index (χ0n) is 18.7. The van der Waals surface area contributed by atoms with Crippen LogP contribution in [0.5, 0.6) is 11.5 Å². The summed E-state index contributed by atoms with van der Waals surface area (Å²) in [4.78, 5) is 6.90. The number of halogens is 3. The molecule has 2 aromatic rings. The molecule has 0 atom stereocenters. The third-order valence-electron chi connectivity index (χ3n) is 4.51. The molecule has 2 aromatic carbocycles. The maximum Gasteiger partial charge on any atom is 0.573 e. The second-order valence-electron chi connectivity index (χ2n) is 7.36. The lowest BCUT2D eigenvalue weighted by Gasteiger charge is -2.29. The molecule has 0 fully saturated rings. The molecule has 0 heterocycles. The number of nitrogens with one attached hydrogen (secondary N) is 1. The fourth-order valence-corrected chi connectivity index (χ4v) is 3.01. The van der Waals surface area contributed by atoms with E-state index in [0.717, 1.165) is 31.2 Å². The topological polar surface area (TPSA) is 72.1 Å². The third-order valence-corrected chi connectivity index (χ3v) is 4.51. The van der Waals surface area contributed by atoms with Crippen LogP contribution in [0.25, 0.3) is 0 Å². The minimum Gasteiger partial charge on any atom is -0.489 e. The molecule has 0 amide bonds. The van der Waals surface area contributed by atoms with Crippen molar-refractivity contribution < 1.29 is 22.6 Å². The van der Waals surface area contributed by atoms with Crippen LogP contribution in [-0.4, -0.2) is 42.9 Å². The van der Waals surface area contributed by atoms with Crippen LogP contribution >= 0.6 is 0 Å². The molecule has 0 saturated heterocycles. The molecule has 2 rings (SSSR count). The van der Waals surface area contributed by atoms with E-state index in [-0.39, 0.29) is 18.4 Å². The average Bonchev–Trinajstić information content (AvgIpc) is 2.72. The lowest BCUT2D eigenvalue weighted by atomic mass is 10.2. The van der Waals surface area contributed by atoms with Crippen molar-refractivity contribution in [2.24, 2.45) is 10.7 Å². The Bertz CT molecular complexity index is 855. The molecular formula is C23H31F3N4O2. The van der Waals surface area contributed by atoms with E-state index in [1.54, 1.807) is 18.2 Å². The Balaban J connectivity index is 2.05. The van der Waals surface area contributed by atoms with Gasteiger partial charge in [-0.1, -0.05) is 12.1 Å². The van der Waals surface area contributed by atoms with Crippen molar-refractivity contribution in [1.29, 1.82) is 0 Å². The molecule has 32 heavy (non-hydrogen) atoms. The quantitative estimate of drug-likeness (QED) is 0.307. The molecule has 6 nitrogen and oxygen atoms in total. The predicted molar refractivity (Wildman–Crippen MR) is 120 cm³/mol. The van der Waals surface area contributed by atoms with Crippen molar-refractivity contribution in [3.63, 3.8) is 0 Å². The standard InChI is InChI=1S/C23H31F3N4O2/c1-4-30(17(2)3)22(28-14-6-13-27)29-19-9-11-20(12-10-19)31-16-18-7-5-8-21(15-18)32-23(24,25)26/h5,7-12,15,17H,4,6,13-14,16,27H2,1-3H3,(H,28,29). The first-order valence-electron chi connectivity index (χ1n) is 10.6.